The first-order valence-electron chi connectivity index (χ1n) is 7.33. The van der Waals surface area contributed by atoms with E-state index in [1.165, 1.54) is 12.1 Å². The van der Waals surface area contributed by atoms with E-state index in [0.717, 1.165) is 18.6 Å². The summed E-state index contributed by atoms with van der Waals surface area (Å²) in [6.45, 7) is 6.31. The molecular formula is C17H20F2N2O. The van der Waals surface area contributed by atoms with Crippen LogP contribution in [0.4, 0.5) is 8.78 Å². The molecule has 22 heavy (non-hydrogen) atoms. The fourth-order valence-electron chi connectivity index (χ4n) is 2.15. The number of aromatic nitrogens is 1. The molecule has 1 heterocycles. The number of benzene rings is 1. The van der Waals surface area contributed by atoms with Gasteiger partial charge in [0, 0.05) is 47.9 Å². The van der Waals surface area contributed by atoms with Gasteiger partial charge in [-0.15, -0.1) is 0 Å². The van der Waals surface area contributed by atoms with Crippen molar-refractivity contribution in [1.82, 2.24) is 9.88 Å². The van der Waals surface area contributed by atoms with Crippen LogP contribution in [0.15, 0.2) is 35.3 Å². The molecule has 0 saturated heterocycles. The van der Waals surface area contributed by atoms with Gasteiger partial charge in [-0.1, -0.05) is 6.92 Å². The molecule has 0 fully saturated rings. The van der Waals surface area contributed by atoms with Crippen LogP contribution in [0.5, 0.6) is 0 Å². The third kappa shape index (κ3) is 3.60. The molecule has 0 amide bonds. The van der Waals surface area contributed by atoms with Crippen molar-refractivity contribution in [2.75, 3.05) is 0 Å². The third-order valence-electron chi connectivity index (χ3n) is 3.76. The van der Waals surface area contributed by atoms with Gasteiger partial charge in [0.15, 0.2) is 17.1 Å². The van der Waals surface area contributed by atoms with Crippen LogP contribution in [0.1, 0.15) is 31.5 Å². The second-order valence-corrected chi connectivity index (χ2v) is 5.46. The summed E-state index contributed by atoms with van der Waals surface area (Å²) in [5.74, 6) is -1.80. The van der Waals surface area contributed by atoms with E-state index in [4.69, 9.17) is 0 Å². The van der Waals surface area contributed by atoms with E-state index in [0.29, 0.717) is 29.5 Å². The minimum Gasteiger partial charge on any atom is -0.320 e. The van der Waals surface area contributed by atoms with E-state index >= 15 is 0 Å². The van der Waals surface area contributed by atoms with E-state index in [1.54, 1.807) is 17.7 Å². The molecule has 118 valence electrons. The number of nitrogens with one attached hydrogen (secondary N) is 1. The van der Waals surface area contributed by atoms with Crippen LogP contribution >= 0.6 is 0 Å². The van der Waals surface area contributed by atoms with Crippen molar-refractivity contribution in [3.63, 3.8) is 0 Å². The molecule has 5 heteroatoms. The molecule has 0 aliphatic rings. The lowest BCUT2D eigenvalue weighted by Gasteiger charge is -2.15. The van der Waals surface area contributed by atoms with Gasteiger partial charge < -0.3 is 9.88 Å². The minimum atomic E-state index is -0.908. The van der Waals surface area contributed by atoms with Crippen molar-refractivity contribution in [3.05, 3.63) is 63.6 Å². The standard InChI is InChI=1S/C17H20F2N2O/c1-4-11(2)20-9-13-10-21(12(3)7-17(13)22)14-5-6-15(18)16(19)8-14/h5-8,10-11,20H,4,9H2,1-3H3. The molecule has 1 N–H and O–H groups in total. The van der Waals surface area contributed by atoms with Gasteiger partial charge in [0.1, 0.15) is 0 Å². The molecule has 1 atom stereocenters. The molecular weight excluding hydrogens is 286 g/mol. The Balaban J connectivity index is 2.39. The Kier molecular flexibility index (Phi) is 5.08. The Morgan fingerprint density at radius 2 is 1.95 bits per heavy atom. The second kappa shape index (κ2) is 6.83. The number of nitrogens with zero attached hydrogens (tertiary/aromatic N) is 1. The van der Waals surface area contributed by atoms with Crippen molar-refractivity contribution in [1.29, 1.82) is 0 Å². The molecule has 2 rings (SSSR count). The highest BCUT2D eigenvalue weighted by molar-refractivity contribution is 5.36. The van der Waals surface area contributed by atoms with Gasteiger partial charge in [0.2, 0.25) is 0 Å². The Morgan fingerprint density at radius 3 is 2.59 bits per heavy atom. The monoisotopic (exact) mass is 306 g/mol. The van der Waals surface area contributed by atoms with Crippen LogP contribution in [0, 0.1) is 18.6 Å². The summed E-state index contributed by atoms with van der Waals surface area (Å²) in [6, 6.07) is 5.51. The first kappa shape index (κ1) is 16.4. The zero-order chi connectivity index (χ0) is 16.3. The second-order valence-electron chi connectivity index (χ2n) is 5.46. The van der Waals surface area contributed by atoms with Gasteiger partial charge in [-0.05, 0) is 32.4 Å². The molecule has 0 saturated carbocycles. The molecule has 1 aromatic carbocycles. The number of hydrogen-bond acceptors (Lipinski definition) is 2. The SMILES string of the molecule is CCC(C)NCc1cn(-c2ccc(F)c(F)c2)c(C)cc1=O. The Labute approximate surface area is 128 Å². The summed E-state index contributed by atoms with van der Waals surface area (Å²) < 4.78 is 28.2. The van der Waals surface area contributed by atoms with Crippen molar-refractivity contribution >= 4 is 0 Å². The lowest BCUT2D eigenvalue weighted by atomic mass is 10.2. The molecule has 0 radical (unpaired) electrons. The molecule has 2 aromatic rings. The lowest BCUT2D eigenvalue weighted by Crippen LogP contribution is -2.28. The van der Waals surface area contributed by atoms with Crippen molar-refractivity contribution in [2.45, 2.75) is 39.8 Å². The van der Waals surface area contributed by atoms with Crippen LogP contribution in [-0.4, -0.2) is 10.6 Å². The number of halogens is 2. The predicted molar refractivity (Wildman–Crippen MR) is 83.3 cm³/mol. The maximum atomic E-state index is 13.4. The van der Waals surface area contributed by atoms with Gasteiger partial charge in [0.05, 0.1) is 0 Å². The zero-order valence-corrected chi connectivity index (χ0v) is 13.0. The van der Waals surface area contributed by atoms with Crippen LogP contribution in [-0.2, 0) is 6.54 Å². The van der Waals surface area contributed by atoms with Crippen molar-refractivity contribution < 1.29 is 8.78 Å². The quantitative estimate of drug-likeness (QED) is 0.919. The van der Waals surface area contributed by atoms with E-state index < -0.39 is 11.6 Å². The lowest BCUT2D eigenvalue weighted by molar-refractivity contribution is 0.507. The van der Waals surface area contributed by atoms with Gasteiger partial charge >= 0.3 is 0 Å². The fraction of sp³-hybridized carbons (Fsp3) is 0.353. The van der Waals surface area contributed by atoms with Crippen molar-refractivity contribution in [3.8, 4) is 5.69 Å². The van der Waals surface area contributed by atoms with Gasteiger partial charge in [-0.25, -0.2) is 8.78 Å². The van der Waals surface area contributed by atoms with Gasteiger partial charge in [-0.2, -0.15) is 0 Å². The molecule has 0 spiro atoms. The molecule has 0 bridgehead atoms. The fourth-order valence-corrected chi connectivity index (χ4v) is 2.15. The Morgan fingerprint density at radius 1 is 1.23 bits per heavy atom. The normalized spacial score (nSPS) is 12.4. The summed E-state index contributed by atoms with van der Waals surface area (Å²) >= 11 is 0. The third-order valence-corrected chi connectivity index (χ3v) is 3.76. The van der Waals surface area contributed by atoms with E-state index in [-0.39, 0.29) is 5.43 Å². The number of rotatable bonds is 5. The molecule has 0 aliphatic carbocycles. The molecule has 1 aromatic heterocycles. The Bertz CT molecular complexity index is 725. The van der Waals surface area contributed by atoms with Gasteiger partial charge in [0.25, 0.3) is 0 Å². The van der Waals surface area contributed by atoms with Crippen LogP contribution < -0.4 is 10.7 Å². The van der Waals surface area contributed by atoms with E-state index in [2.05, 4.69) is 12.2 Å². The van der Waals surface area contributed by atoms with Gasteiger partial charge in [-0.3, -0.25) is 4.79 Å². The maximum absolute atomic E-state index is 13.4. The highest BCUT2D eigenvalue weighted by Crippen LogP contribution is 2.15. The largest absolute Gasteiger partial charge is 0.320 e. The number of hydrogen-bond donors (Lipinski definition) is 1. The number of aryl methyl sites for hydroxylation is 1. The topological polar surface area (TPSA) is 34.0 Å². The summed E-state index contributed by atoms with van der Waals surface area (Å²) in [5, 5.41) is 3.26. The van der Waals surface area contributed by atoms with Crippen molar-refractivity contribution in [2.24, 2.45) is 0 Å². The minimum absolute atomic E-state index is 0.0628. The average Bonchev–Trinajstić information content (AvgIpc) is 2.49. The first-order chi connectivity index (χ1) is 10.4. The number of pyridine rings is 1. The molecule has 3 nitrogen and oxygen atoms in total. The smallest absolute Gasteiger partial charge is 0.186 e. The summed E-state index contributed by atoms with van der Waals surface area (Å²) in [6.07, 6.45) is 2.64. The molecule has 0 aliphatic heterocycles. The van der Waals surface area contributed by atoms with Crippen LogP contribution in [0.25, 0.3) is 5.69 Å². The zero-order valence-electron chi connectivity index (χ0n) is 13.0. The molecule has 1 unspecified atom stereocenters. The Hall–Kier alpha value is -2.01. The highest BCUT2D eigenvalue weighted by atomic mass is 19.2. The average molecular weight is 306 g/mol. The summed E-state index contributed by atoms with van der Waals surface area (Å²) in [5.41, 5.74) is 1.69. The van der Waals surface area contributed by atoms with Crippen LogP contribution in [0.3, 0.4) is 0 Å². The van der Waals surface area contributed by atoms with E-state index in [1.807, 2.05) is 6.92 Å². The first-order valence-corrected chi connectivity index (χ1v) is 7.33. The highest BCUT2D eigenvalue weighted by Gasteiger charge is 2.09. The van der Waals surface area contributed by atoms with Crippen LogP contribution in [0.2, 0.25) is 0 Å². The maximum Gasteiger partial charge on any atom is 0.186 e. The van der Waals surface area contributed by atoms with E-state index in [9.17, 15) is 13.6 Å². The predicted octanol–water partition coefficient (Wildman–Crippen LogP) is 3.31. The summed E-state index contributed by atoms with van der Waals surface area (Å²) in [7, 11) is 0. The summed E-state index contributed by atoms with van der Waals surface area (Å²) in [4.78, 5) is 12.1.